The van der Waals surface area contributed by atoms with Gasteiger partial charge in [-0.05, 0) is 50.9 Å². The van der Waals surface area contributed by atoms with E-state index in [-0.39, 0.29) is 17.3 Å². The van der Waals surface area contributed by atoms with Gasteiger partial charge in [0, 0.05) is 35.6 Å². The van der Waals surface area contributed by atoms with Crippen molar-refractivity contribution in [2.45, 2.75) is 37.8 Å². The molecule has 1 aliphatic rings. The van der Waals surface area contributed by atoms with Gasteiger partial charge in [-0.1, -0.05) is 18.2 Å². The maximum absolute atomic E-state index is 14.5. The lowest BCUT2D eigenvalue weighted by Gasteiger charge is -2.28. The first kappa shape index (κ1) is 19.3. The highest BCUT2D eigenvalue weighted by atomic mass is 19.1. The molecule has 29 heavy (non-hydrogen) atoms. The van der Waals surface area contributed by atoms with Crippen LogP contribution in [0, 0.1) is 5.82 Å². The number of hydrogen-bond acceptors (Lipinski definition) is 5. The molecule has 6 nitrogen and oxygen atoms in total. The van der Waals surface area contributed by atoms with Crippen molar-refractivity contribution in [3.63, 3.8) is 0 Å². The highest BCUT2D eigenvalue weighted by molar-refractivity contribution is 5.63. The van der Waals surface area contributed by atoms with E-state index in [0.717, 1.165) is 25.7 Å². The molecule has 3 aromatic rings. The predicted molar refractivity (Wildman–Crippen MR) is 112 cm³/mol. The van der Waals surface area contributed by atoms with E-state index in [2.05, 4.69) is 20.6 Å². The highest BCUT2D eigenvalue weighted by Crippen LogP contribution is 2.25. The van der Waals surface area contributed by atoms with Crippen LogP contribution < -0.4 is 16.2 Å². The van der Waals surface area contributed by atoms with Crippen LogP contribution in [0.25, 0.3) is 16.9 Å². The van der Waals surface area contributed by atoms with E-state index in [4.69, 9.17) is 0 Å². The summed E-state index contributed by atoms with van der Waals surface area (Å²) in [5, 5.41) is 6.66. The topological polar surface area (TPSA) is 71.8 Å². The molecule has 2 aromatic heterocycles. The summed E-state index contributed by atoms with van der Waals surface area (Å²) >= 11 is 0. The summed E-state index contributed by atoms with van der Waals surface area (Å²) < 4.78 is 16.0. The van der Waals surface area contributed by atoms with Crippen molar-refractivity contribution >= 4 is 5.95 Å². The van der Waals surface area contributed by atoms with Crippen LogP contribution in [0.1, 0.15) is 25.7 Å². The van der Waals surface area contributed by atoms with Crippen LogP contribution in [0.5, 0.6) is 0 Å². The molecule has 2 heterocycles. The van der Waals surface area contributed by atoms with Gasteiger partial charge in [0.1, 0.15) is 5.69 Å². The molecule has 0 unspecified atom stereocenters. The fourth-order valence-electron chi connectivity index (χ4n) is 3.79. The molecular weight excluding hydrogens is 369 g/mol. The Morgan fingerprint density at radius 2 is 1.86 bits per heavy atom. The minimum atomic E-state index is -0.494. The van der Waals surface area contributed by atoms with Crippen molar-refractivity contribution in [3.8, 4) is 16.9 Å². The molecule has 0 saturated heterocycles. The summed E-state index contributed by atoms with van der Waals surface area (Å²) in [6, 6.07) is 12.9. The number of hydrogen-bond donors (Lipinski definition) is 2. The van der Waals surface area contributed by atoms with Crippen LogP contribution in [0.2, 0.25) is 0 Å². The molecule has 0 amide bonds. The molecule has 7 heteroatoms. The lowest BCUT2D eigenvalue weighted by Crippen LogP contribution is -2.35. The van der Waals surface area contributed by atoms with Gasteiger partial charge in [-0.2, -0.15) is 0 Å². The van der Waals surface area contributed by atoms with Crippen LogP contribution >= 0.6 is 0 Å². The normalized spacial score (nSPS) is 19.1. The highest BCUT2D eigenvalue weighted by Gasteiger charge is 2.21. The second kappa shape index (κ2) is 8.53. The Balaban J connectivity index is 1.59. The average molecular weight is 393 g/mol. The third kappa shape index (κ3) is 4.35. The maximum Gasteiger partial charge on any atom is 0.255 e. The molecule has 0 atom stereocenters. The molecule has 2 N–H and O–H groups in total. The zero-order valence-corrected chi connectivity index (χ0v) is 16.3. The van der Waals surface area contributed by atoms with E-state index in [1.807, 2.05) is 13.1 Å². The predicted octanol–water partition coefficient (Wildman–Crippen LogP) is 3.38. The van der Waals surface area contributed by atoms with Crippen LogP contribution in [-0.2, 0) is 0 Å². The Kier molecular flexibility index (Phi) is 5.67. The van der Waals surface area contributed by atoms with E-state index in [0.29, 0.717) is 23.2 Å². The number of nitrogens with zero attached hydrogens (tertiary/aromatic N) is 3. The molecule has 0 spiro atoms. The number of halogens is 1. The fraction of sp³-hybridized carbons (Fsp3) is 0.318. The summed E-state index contributed by atoms with van der Waals surface area (Å²) in [7, 11) is 1.99. The number of rotatable bonds is 5. The summed E-state index contributed by atoms with van der Waals surface area (Å²) in [6.07, 6.45) is 7.12. The van der Waals surface area contributed by atoms with Crippen molar-refractivity contribution < 1.29 is 4.39 Å². The number of benzene rings is 1. The van der Waals surface area contributed by atoms with Crippen molar-refractivity contribution in [2.24, 2.45) is 0 Å². The lowest BCUT2D eigenvalue weighted by atomic mass is 9.91. The number of nitrogens with one attached hydrogen (secondary N) is 2. The monoisotopic (exact) mass is 393 g/mol. The Labute approximate surface area is 168 Å². The van der Waals surface area contributed by atoms with E-state index < -0.39 is 5.82 Å². The van der Waals surface area contributed by atoms with Gasteiger partial charge >= 0.3 is 0 Å². The van der Waals surface area contributed by atoms with Crippen molar-refractivity contribution in [2.75, 3.05) is 12.4 Å². The number of aromatic nitrogens is 3. The molecule has 1 aliphatic carbocycles. The van der Waals surface area contributed by atoms with E-state index >= 15 is 0 Å². The van der Waals surface area contributed by atoms with Gasteiger partial charge in [-0.25, -0.2) is 14.4 Å². The smallest absolute Gasteiger partial charge is 0.255 e. The Hall–Kier alpha value is -3.06. The SMILES string of the molecule is CN[C@H]1CC[C@H](Nc2ncc(F)c(-c3cccc(-n4ccccc4=O)c3)n2)CC1. The quantitative estimate of drug-likeness (QED) is 0.695. The van der Waals surface area contributed by atoms with Gasteiger partial charge in [0.2, 0.25) is 5.95 Å². The van der Waals surface area contributed by atoms with E-state index in [1.165, 1.54) is 16.8 Å². The van der Waals surface area contributed by atoms with Gasteiger partial charge in [-0.15, -0.1) is 0 Å². The summed E-state index contributed by atoms with van der Waals surface area (Å²) in [6.45, 7) is 0. The first-order valence-corrected chi connectivity index (χ1v) is 9.89. The second-order valence-electron chi connectivity index (χ2n) is 7.33. The fourth-order valence-corrected chi connectivity index (χ4v) is 3.79. The Bertz CT molecular complexity index is 1040. The van der Waals surface area contributed by atoms with Gasteiger partial charge in [0.05, 0.1) is 6.20 Å². The van der Waals surface area contributed by atoms with Crippen LogP contribution in [0.15, 0.2) is 59.7 Å². The molecule has 1 aromatic carbocycles. The van der Waals surface area contributed by atoms with E-state index in [1.54, 1.807) is 36.5 Å². The molecule has 150 valence electrons. The number of anilines is 1. The largest absolute Gasteiger partial charge is 0.351 e. The molecular formula is C22H24FN5O. The maximum atomic E-state index is 14.5. The first-order valence-electron chi connectivity index (χ1n) is 9.89. The van der Waals surface area contributed by atoms with Crippen molar-refractivity contribution in [1.29, 1.82) is 0 Å². The minimum Gasteiger partial charge on any atom is -0.351 e. The lowest BCUT2D eigenvalue weighted by molar-refractivity contribution is 0.370. The summed E-state index contributed by atoms with van der Waals surface area (Å²) in [4.78, 5) is 20.7. The molecule has 1 fully saturated rings. The van der Waals surface area contributed by atoms with Crippen LogP contribution in [-0.4, -0.2) is 33.7 Å². The minimum absolute atomic E-state index is 0.146. The van der Waals surface area contributed by atoms with Crippen LogP contribution in [0.4, 0.5) is 10.3 Å². The van der Waals surface area contributed by atoms with Crippen molar-refractivity contribution in [3.05, 3.63) is 71.0 Å². The Morgan fingerprint density at radius 1 is 1.07 bits per heavy atom. The van der Waals surface area contributed by atoms with Gasteiger partial charge in [-0.3, -0.25) is 9.36 Å². The standard InChI is InChI=1S/C22H24FN5O/c1-24-16-8-10-17(11-9-16)26-22-25-14-19(23)21(27-22)15-5-4-6-18(13-15)28-12-3-2-7-20(28)29/h2-7,12-14,16-17,24H,8-11H2,1H3,(H,25,26,27)/t16-,17-. The molecule has 0 bridgehead atoms. The van der Waals surface area contributed by atoms with Crippen LogP contribution in [0.3, 0.4) is 0 Å². The third-order valence-electron chi connectivity index (χ3n) is 5.43. The zero-order chi connectivity index (χ0) is 20.2. The van der Waals surface area contributed by atoms with Gasteiger partial charge in [0.25, 0.3) is 5.56 Å². The van der Waals surface area contributed by atoms with E-state index in [9.17, 15) is 9.18 Å². The second-order valence-corrected chi connectivity index (χ2v) is 7.33. The average Bonchev–Trinajstić information content (AvgIpc) is 2.76. The van der Waals surface area contributed by atoms with Crippen molar-refractivity contribution in [1.82, 2.24) is 19.9 Å². The molecule has 0 aliphatic heterocycles. The molecule has 4 rings (SSSR count). The first-order chi connectivity index (χ1) is 14.1. The Morgan fingerprint density at radius 3 is 2.62 bits per heavy atom. The molecule has 1 saturated carbocycles. The molecule has 0 radical (unpaired) electrons. The summed E-state index contributed by atoms with van der Waals surface area (Å²) in [5.41, 5.74) is 1.33. The summed E-state index contributed by atoms with van der Waals surface area (Å²) in [5.74, 6) is -0.0661. The third-order valence-corrected chi connectivity index (χ3v) is 5.43. The zero-order valence-electron chi connectivity index (χ0n) is 16.3. The van der Waals surface area contributed by atoms with Gasteiger partial charge in [0.15, 0.2) is 5.82 Å². The van der Waals surface area contributed by atoms with Gasteiger partial charge < -0.3 is 10.6 Å². The number of pyridine rings is 1.